The number of rotatable bonds is 3. The summed E-state index contributed by atoms with van der Waals surface area (Å²) in [6.45, 7) is 5.35. The molecule has 0 spiro atoms. The molecule has 17 heavy (non-hydrogen) atoms. The summed E-state index contributed by atoms with van der Waals surface area (Å²) in [6, 6.07) is 5.74. The lowest BCUT2D eigenvalue weighted by Gasteiger charge is -2.26. The van der Waals surface area contributed by atoms with Crippen LogP contribution in [0.5, 0.6) is 11.5 Å². The normalized spacial score (nSPS) is 15.5. The van der Waals surface area contributed by atoms with E-state index < -0.39 is 5.60 Å². The average Bonchev–Trinajstić information content (AvgIpc) is 2.62. The number of hydrogen-bond acceptors (Lipinski definition) is 3. The number of hydrogen-bond donors (Lipinski definition) is 1. The summed E-state index contributed by atoms with van der Waals surface area (Å²) in [5.41, 5.74) is 0.150. The molecule has 3 heteroatoms. The van der Waals surface area contributed by atoms with Crippen LogP contribution in [0.2, 0.25) is 0 Å². The van der Waals surface area contributed by atoms with Gasteiger partial charge >= 0.3 is 0 Å². The molecule has 1 N–H and O–H groups in total. The van der Waals surface area contributed by atoms with Crippen molar-refractivity contribution < 1.29 is 14.6 Å². The van der Waals surface area contributed by atoms with Crippen molar-refractivity contribution in [3.05, 3.63) is 23.8 Å². The van der Waals surface area contributed by atoms with Gasteiger partial charge in [-0.3, -0.25) is 0 Å². The van der Waals surface area contributed by atoms with Crippen LogP contribution in [0.25, 0.3) is 0 Å². The van der Waals surface area contributed by atoms with E-state index in [2.05, 4.69) is 0 Å². The standard InChI is InChI=1S/C14H20O3/c1-3-14(15,4-2)11-6-7-12-13(10-11)17-9-5-8-16-12/h6-7,10,15H,3-5,8-9H2,1-2H3. The molecule has 0 aromatic heterocycles. The van der Waals surface area contributed by atoms with Crippen molar-refractivity contribution in [1.82, 2.24) is 0 Å². The molecule has 0 aliphatic carbocycles. The zero-order valence-electron chi connectivity index (χ0n) is 10.5. The molecule has 3 nitrogen and oxygen atoms in total. The summed E-state index contributed by atoms with van der Waals surface area (Å²) in [6.07, 6.45) is 2.29. The zero-order chi connectivity index (χ0) is 12.3. The minimum atomic E-state index is -0.759. The van der Waals surface area contributed by atoms with Gasteiger partial charge in [0.15, 0.2) is 11.5 Å². The first-order valence-corrected chi connectivity index (χ1v) is 6.32. The van der Waals surface area contributed by atoms with E-state index in [0.29, 0.717) is 26.1 Å². The molecule has 1 heterocycles. The van der Waals surface area contributed by atoms with E-state index in [1.807, 2.05) is 32.0 Å². The molecule has 0 saturated heterocycles. The van der Waals surface area contributed by atoms with Crippen LogP contribution in [-0.4, -0.2) is 18.3 Å². The summed E-state index contributed by atoms with van der Waals surface area (Å²) in [5, 5.41) is 10.5. The summed E-state index contributed by atoms with van der Waals surface area (Å²) >= 11 is 0. The molecule has 94 valence electrons. The van der Waals surface area contributed by atoms with Gasteiger partial charge in [0.2, 0.25) is 0 Å². The summed E-state index contributed by atoms with van der Waals surface area (Å²) in [5.74, 6) is 1.53. The third-order valence-electron chi connectivity index (χ3n) is 3.45. The van der Waals surface area contributed by atoms with Gasteiger partial charge in [0.05, 0.1) is 18.8 Å². The van der Waals surface area contributed by atoms with Crippen LogP contribution in [-0.2, 0) is 5.60 Å². The first-order chi connectivity index (χ1) is 8.19. The van der Waals surface area contributed by atoms with E-state index in [1.54, 1.807) is 0 Å². The molecule has 0 radical (unpaired) electrons. The monoisotopic (exact) mass is 236 g/mol. The van der Waals surface area contributed by atoms with Crippen molar-refractivity contribution in [1.29, 1.82) is 0 Å². The molecule has 0 bridgehead atoms. The topological polar surface area (TPSA) is 38.7 Å². The third-order valence-corrected chi connectivity index (χ3v) is 3.45. The van der Waals surface area contributed by atoms with Crippen LogP contribution in [0.4, 0.5) is 0 Å². The molecule has 0 atom stereocenters. The van der Waals surface area contributed by atoms with E-state index in [0.717, 1.165) is 23.5 Å². The van der Waals surface area contributed by atoms with Crippen LogP contribution in [0.3, 0.4) is 0 Å². The minimum Gasteiger partial charge on any atom is -0.490 e. The SMILES string of the molecule is CCC(O)(CC)c1ccc2c(c1)OCCCO2. The highest BCUT2D eigenvalue weighted by molar-refractivity contribution is 5.45. The second kappa shape index (κ2) is 4.96. The number of ether oxygens (including phenoxy) is 2. The Balaban J connectivity index is 2.35. The van der Waals surface area contributed by atoms with Gasteiger partial charge in [0, 0.05) is 6.42 Å². The zero-order valence-corrected chi connectivity index (χ0v) is 10.5. The molecule has 1 aliphatic rings. The fourth-order valence-electron chi connectivity index (χ4n) is 2.11. The van der Waals surface area contributed by atoms with Gasteiger partial charge in [-0.2, -0.15) is 0 Å². The van der Waals surface area contributed by atoms with Gasteiger partial charge in [-0.1, -0.05) is 19.9 Å². The Morgan fingerprint density at radius 1 is 1.12 bits per heavy atom. The highest BCUT2D eigenvalue weighted by Crippen LogP contribution is 2.36. The Labute approximate surface area is 102 Å². The predicted molar refractivity (Wildman–Crippen MR) is 66.5 cm³/mol. The molecular formula is C14H20O3. The first-order valence-electron chi connectivity index (χ1n) is 6.32. The largest absolute Gasteiger partial charge is 0.490 e. The fourth-order valence-corrected chi connectivity index (χ4v) is 2.11. The maximum absolute atomic E-state index is 10.5. The van der Waals surface area contributed by atoms with Crippen molar-refractivity contribution in [3.8, 4) is 11.5 Å². The highest BCUT2D eigenvalue weighted by Gasteiger charge is 2.26. The Bertz CT molecular complexity index is 383. The molecule has 0 saturated carbocycles. The Morgan fingerprint density at radius 3 is 2.41 bits per heavy atom. The summed E-state index contributed by atoms with van der Waals surface area (Å²) in [4.78, 5) is 0. The van der Waals surface area contributed by atoms with Crippen molar-refractivity contribution >= 4 is 0 Å². The third kappa shape index (κ3) is 2.39. The Kier molecular flexibility index (Phi) is 3.57. The lowest BCUT2D eigenvalue weighted by molar-refractivity contribution is 0.0281. The fraction of sp³-hybridized carbons (Fsp3) is 0.571. The van der Waals surface area contributed by atoms with Crippen LogP contribution >= 0.6 is 0 Å². The van der Waals surface area contributed by atoms with Gasteiger partial charge < -0.3 is 14.6 Å². The highest BCUT2D eigenvalue weighted by atomic mass is 16.5. The van der Waals surface area contributed by atoms with Crippen molar-refractivity contribution in [3.63, 3.8) is 0 Å². The van der Waals surface area contributed by atoms with Gasteiger partial charge in [-0.05, 0) is 30.5 Å². The molecular weight excluding hydrogens is 216 g/mol. The van der Waals surface area contributed by atoms with E-state index in [1.165, 1.54) is 0 Å². The van der Waals surface area contributed by atoms with Gasteiger partial charge in [-0.15, -0.1) is 0 Å². The molecule has 0 unspecified atom stereocenters. The summed E-state index contributed by atoms with van der Waals surface area (Å²) in [7, 11) is 0. The Hall–Kier alpha value is -1.22. The van der Waals surface area contributed by atoms with Crippen molar-refractivity contribution in [2.24, 2.45) is 0 Å². The second-order valence-electron chi connectivity index (χ2n) is 4.45. The van der Waals surface area contributed by atoms with Gasteiger partial charge in [0.25, 0.3) is 0 Å². The second-order valence-corrected chi connectivity index (χ2v) is 4.45. The van der Waals surface area contributed by atoms with E-state index in [4.69, 9.17) is 9.47 Å². The van der Waals surface area contributed by atoms with Crippen molar-refractivity contribution in [2.75, 3.05) is 13.2 Å². The number of aliphatic hydroxyl groups is 1. The van der Waals surface area contributed by atoms with Crippen LogP contribution in [0.1, 0.15) is 38.7 Å². The quantitative estimate of drug-likeness (QED) is 0.877. The Morgan fingerprint density at radius 2 is 1.76 bits per heavy atom. The molecule has 0 fully saturated rings. The maximum Gasteiger partial charge on any atom is 0.161 e. The minimum absolute atomic E-state index is 0.674. The molecule has 1 aromatic rings. The van der Waals surface area contributed by atoms with E-state index in [9.17, 15) is 5.11 Å². The van der Waals surface area contributed by atoms with E-state index >= 15 is 0 Å². The molecule has 1 aromatic carbocycles. The van der Waals surface area contributed by atoms with Crippen LogP contribution in [0.15, 0.2) is 18.2 Å². The van der Waals surface area contributed by atoms with Crippen LogP contribution in [0, 0.1) is 0 Å². The van der Waals surface area contributed by atoms with Crippen molar-refractivity contribution in [2.45, 2.75) is 38.7 Å². The smallest absolute Gasteiger partial charge is 0.161 e. The van der Waals surface area contributed by atoms with Crippen LogP contribution < -0.4 is 9.47 Å². The van der Waals surface area contributed by atoms with E-state index in [-0.39, 0.29) is 0 Å². The van der Waals surface area contributed by atoms with Gasteiger partial charge in [0.1, 0.15) is 0 Å². The molecule has 1 aliphatic heterocycles. The lowest BCUT2D eigenvalue weighted by atomic mass is 9.88. The van der Waals surface area contributed by atoms with Gasteiger partial charge in [-0.25, -0.2) is 0 Å². The molecule has 2 rings (SSSR count). The summed E-state index contributed by atoms with van der Waals surface area (Å²) < 4.78 is 11.2. The maximum atomic E-state index is 10.5. The average molecular weight is 236 g/mol. The predicted octanol–water partition coefficient (Wildman–Crippen LogP) is 2.86. The lowest BCUT2D eigenvalue weighted by Crippen LogP contribution is -2.23. The number of benzene rings is 1. The molecule has 0 amide bonds. The number of fused-ring (bicyclic) bond motifs is 1. The first kappa shape index (κ1) is 12.2.